The SMILES string of the molecule is O=C(ON1CC[C@@H](Oc2cccc(C(F)(F)F)c2)C1)C1CC1. The average Bonchev–Trinajstić information content (AvgIpc) is 3.22. The fourth-order valence-electron chi connectivity index (χ4n) is 2.34. The molecule has 0 aromatic heterocycles. The van der Waals surface area contributed by atoms with Crippen LogP contribution in [-0.4, -0.2) is 30.2 Å². The van der Waals surface area contributed by atoms with Crippen LogP contribution in [0.15, 0.2) is 24.3 Å². The van der Waals surface area contributed by atoms with Crippen molar-refractivity contribution in [2.24, 2.45) is 5.92 Å². The van der Waals surface area contributed by atoms with Crippen LogP contribution in [0.25, 0.3) is 0 Å². The first-order valence-corrected chi connectivity index (χ1v) is 7.22. The van der Waals surface area contributed by atoms with Crippen LogP contribution in [0.1, 0.15) is 24.8 Å². The first kappa shape index (κ1) is 15.1. The summed E-state index contributed by atoms with van der Waals surface area (Å²) in [6.07, 6.45) is -2.32. The highest BCUT2D eigenvalue weighted by Crippen LogP contribution is 2.33. The van der Waals surface area contributed by atoms with Gasteiger partial charge in [0.05, 0.1) is 18.0 Å². The quantitative estimate of drug-likeness (QED) is 0.856. The summed E-state index contributed by atoms with van der Waals surface area (Å²) >= 11 is 0. The molecule has 2 aliphatic rings. The van der Waals surface area contributed by atoms with E-state index in [-0.39, 0.29) is 23.7 Å². The minimum atomic E-state index is -4.39. The average molecular weight is 315 g/mol. The molecule has 120 valence electrons. The summed E-state index contributed by atoms with van der Waals surface area (Å²) in [6.45, 7) is 0.900. The number of hydrogen-bond donors (Lipinski definition) is 0. The molecule has 0 N–H and O–H groups in total. The van der Waals surface area contributed by atoms with Crippen LogP contribution in [-0.2, 0) is 15.8 Å². The molecule has 0 spiro atoms. The smallest absolute Gasteiger partial charge is 0.416 e. The van der Waals surface area contributed by atoms with Crippen molar-refractivity contribution in [3.8, 4) is 5.75 Å². The first-order chi connectivity index (χ1) is 10.4. The zero-order valence-corrected chi connectivity index (χ0v) is 11.8. The van der Waals surface area contributed by atoms with Crippen LogP contribution in [0, 0.1) is 5.92 Å². The Morgan fingerprint density at radius 1 is 1.23 bits per heavy atom. The number of halogens is 3. The number of ether oxygens (including phenoxy) is 1. The van der Waals surface area contributed by atoms with Crippen LogP contribution < -0.4 is 4.74 Å². The van der Waals surface area contributed by atoms with E-state index in [1.807, 2.05) is 0 Å². The Kier molecular flexibility index (Phi) is 3.99. The molecule has 0 unspecified atom stereocenters. The van der Waals surface area contributed by atoms with E-state index in [1.54, 1.807) is 0 Å². The van der Waals surface area contributed by atoms with E-state index in [4.69, 9.17) is 9.57 Å². The van der Waals surface area contributed by atoms with Gasteiger partial charge in [0.2, 0.25) is 0 Å². The zero-order valence-electron chi connectivity index (χ0n) is 11.8. The molecule has 1 saturated carbocycles. The number of nitrogens with zero attached hydrogens (tertiary/aromatic N) is 1. The molecule has 1 heterocycles. The summed E-state index contributed by atoms with van der Waals surface area (Å²) < 4.78 is 43.5. The Bertz CT molecular complexity index is 557. The fourth-order valence-corrected chi connectivity index (χ4v) is 2.34. The van der Waals surface area contributed by atoms with Crippen molar-refractivity contribution in [1.82, 2.24) is 5.06 Å². The van der Waals surface area contributed by atoms with Crippen LogP contribution in [0.3, 0.4) is 0 Å². The maximum absolute atomic E-state index is 12.6. The highest BCUT2D eigenvalue weighted by molar-refractivity contribution is 5.74. The van der Waals surface area contributed by atoms with Crippen molar-refractivity contribution >= 4 is 5.97 Å². The van der Waals surface area contributed by atoms with Gasteiger partial charge in [0.15, 0.2) is 0 Å². The molecule has 1 atom stereocenters. The Morgan fingerprint density at radius 2 is 2.00 bits per heavy atom. The van der Waals surface area contributed by atoms with E-state index in [0.717, 1.165) is 25.0 Å². The third-order valence-electron chi connectivity index (χ3n) is 3.70. The van der Waals surface area contributed by atoms with Gasteiger partial charge in [-0.15, -0.1) is 5.06 Å². The van der Waals surface area contributed by atoms with Crippen molar-refractivity contribution < 1.29 is 27.5 Å². The van der Waals surface area contributed by atoms with Crippen molar-refractivity contribution in [3.63, 3.8) is 0 Å². The number of alkyl halides is 3. The number of carbonyl (C=O) groups is 1. The second kappa shape index (κ2) is 5.79. The number of carbonyl (C=O) groups excluding carboxylic acids is 1. The number of benzene rings is 1. The second-order valence-corrected chi connectivity index (χ2v) is 5.63. The van der Waals surface area contributed by atoms with Gasteiger partial charge in [-0.2, -0.15) is 13.2 Å². The van der Waals surface area contributed by atoms with Gasteiger partial charge < -0.3 is 9.57 Å². The molecule has 3 rings (SSSR count). The molecular weight excluding hydrogens is 299 g/mol. The van der Waals surface area contributed by atoms with Gasteiger partial charge in [0, 0.05) is 13.0 Å². The molecule has 7 heteroatoms. The standard InChI is InChI=1S/C15H16F3NO3/c16-15(17,18)11-2-1-3-12(8-11)21-13-6-7-19(9-13)22-14(20)10-4-5-10/h1-3,8,10,13H,4-7,9H2/t13-/m1/s1. The normalized spacial score (nSPS) is 22.6. The third kappa shape index (κ3) is 3.71. The van der Waals surface area contributed by atoms with Crippen LogP contribution in [0.5, 0.6) is 5.75 Å². The molecule has 1 aliphatic heterocycles. The Balaban J connectivity index is 1.54. The van der Waals surface area contributed by atoms with E-state index in [2.05, 4.69) is 0 Å². The number of hydroxylamine groups is 2. The van der Waals surface area contributed by atoms with Gasteiger partial charge in [-0.25, -0.2) is 0 Å². The molecule has 1 saturated heterocycles. The van der Waals surface area contributed by atoms with Gasteiger partial charge in [0.25, 0.3) is 0 Å². The molecule has 1 aliphatic carbocycles. The van der Waals surface area contributed by atoms with E-state index in [0.29, 0.717) is 19.5 Å². The number of rotatable bonds is 4. The fraction of sp³-hybridized carbons (Fsp3) is 0.533. The third-order valence-corrected chi connectivity index (χ3v) is 3.70. The van der Waals surface area contributed by atoms with Crippen LogP contribution >= 0.6 is 0 Å². The van der Waals surface area contributed by atoms with Crippen molar-refractivity contribution in [3.05, 3.63) is 29.8 Å². The number of hydrogen-bond acceptors (Lipinski definition) is 4. The molecule has 0 amide bonds. The monoisotopic (exact) mass is 315 g/mol. The lowest BCUT2D eigenvalue weighted by atomic mass is 10.2. The minimum absolute atomic E-state index is 0.0171. The maximum atomic E-state index is 12.6. The van der Waals surface area contributed by atoms with Gasteiger partial charge in [-0.3, -0.25) is 4.79 Å². The topological polar surface area (TPSA) is 38.8 Å². The minimum Gasteiger partial charge on any atom is -0.489 e. The van der Waals surface area contributed by atoms with Gasteiger partial charge in [0.1, 0.15) is 11.9 Å². The lowest BCUT2D eigenvalue weighted by Gasteiger charge is -2.17. The zero-order chi connectivity index (χ0) is 15.7. The highest BCUT2D eigenvalue weighted by Gasteiger charge is 2.35. The summed E-state index contributed by atoms with van der Waals surface area (Å²) in [5.74, 6) is -0.0293. The molecule has 0 radical (unpaired) electrons. The van der Waals surface area contributed by atoms with Gasteiger partial charge in [-0.05, 0) is 31.0 Å². The Morgan fingerprint density at radius 3 is 2.68 bits per heavy atom. The van der Waals surface area contributed by atoms with Crippen LogP contribution in [0.4, 0.5) is 13.2 Å². The summed E-state index contributed by atoms with van der Waals surface area (Å²) in [7, 11) is 0. The first-order valence-electron chi connectivity index (χ1n) is 7.22. The van der Waals surface area contributed by atoms with Crippen molar-refractivity contribution in [2.45, 2.75) is 31.5 Å². The molecule has 22 heavy (non-hydrogen) atoms. The largest absolute Gasteiger partial charge is 0.489 e. The predicted octanol–water partition coefficient (Wildman–Crippen LogP) is 3.03. The van der Waals surface area contributed by atoms with Crippen molar-refractivity contribution in [1.29, 1.82) is 0 Å². The molecule has 1 aromatic carbocycles. The maximum Gasteiger partial charge on any atom is 0.416 e. The summed E-state index contributed by atoms with van der Waals surface area (Å²) in [4.78, 5) is 16.8. The summed E-state index contributed by atoms with van der Waals surface area (Å²) in [6, 6.07) is 4.80. The Hall–Kier alpha value is -1.76. The predicted molar refractivity (Wildman–Crippen MR) is 70.9 cm³/mol. The molecular formula is C15H16F3NO3. The molecule has 1 aromatic rings. The lowest BCUT2D eigenvalue weighted by Crippen LogP contribution is -2.28. The summed E-state index contributed by atoms with van der Waals surface area (Å²) in [5.41, 5.74) is -0.736. The van der Waals surface area contributed by atoms with Gasteiger partial charge in [-0.1, -0.05) is 6.07 Å². The Labute approximate surface area is 125 Å². The van der Waals surface area contributed by atoms with Crippen LogP contribution in [0.2, 0.25) is 0 Å². The van der Waals surface area contributed by atoms with E-state index in [1.165, 1.54) is 17.2 Å². The summed E-state index contributed by atoms with van der Waals surface area (Å²) in [5, 5.41) is 1.53. The van der Waals surface area contributed by atoms with Crippen molar-refractivity contribution in [2.75, 3.05) is 13.1 Å². The van der Waals surface area contributed by atoms with E-state index < -0.39 is 11.7 Å². The molecule has 2 fully saturated rings. The molecule has 0 bridgehead atoms. The highest BCUT2D eigenvalue weighted by atomic mass is 19.4. The second-order valence-electron chi connectivity index (χ2n) is 5.63. The lowest BCUT2D eigenvalue weighted by molar-refractivity contribution is -0.188. The van der Waals surface area contributed by atoms with E-state index >= 15 is 0 Å². The van der Waals surface area contributed by atoms with Gasteiger partial charge >= 0.3 is 12.1 Å². The van der Waals surface area contributed by atoms with E-state index in [9.17, 15) is 18.0 Å². The molecule has 4 nitrogen and oxygen atoms in total.